The Morgan fingerprint density at radius 2 is 1.75 bits per heavy atom. The minimum absolute atomic E-state index is 0.215. The zero-order valence-electron chi connectivity index (χ0n) is 14.5. The van der Waals surface area contributed by atoms with Crippen LogP contribution in [0.1, 0.15) is 24.8 Å². The number of likely N-dealkylation sites (N-methyl/N-ethyl adjacent to an activating group) is 1. The van der Waals surface area contributed by atoms with Crippen molar-refractivity contribution in [2.75, 3.05) is 28.4 Å². The Labute approximate surface area is 142 Å². The van der Waals surface area contributed by atoms with E-state index < -0.39 is 5.54 Å². The first kappa shape index (κ1) is 17.7. The number of benzene rings is 1. The predicted octanol–water partition coefficient (Wildman–Crippen LogP) is 2.63. The number of carbonyl (C=O) groups is 1. The first-order valence-corrected chi connectivity index (χ1v) is 7.68. The zero-order valence-corrected chi connectivity index (χ0v) is 14.5. The van der Waals surface area contributed by atoms with Crippen LogP contribution >= 0.6 is 0 Å². The van der Waals surface area contributed by atoms with Crippen LogP contribution in [0.4, 0.5) is 0 Å². The summed E-state index contributed by atoms with van der Waals surface area (Å²) in [6.45, 7) is 0. The molecule has 24 heavy (non-hydrogen) atoms. The molecule has 0 atom stereocenters. The van der Waals surface area contributed by atoms with Crippen molar-refractivity contribution in [2.45, 2.75) is 24.8 Å². The molecule has 1 amide bonds. The molecule has 1 aliphatic carbocycles. The molecule has 128 valence electrons. The van der Waals surface area contributed by atoms with Crippen molar-refractivity contribution in [3.05, 3.63) is 23.8 Å². The van der Waals surface area contributed by atoms with Crippen molar-refractivity contribution in [3.8, 4) is 23.3 Å². The van der Waals surface area contributed by atoms with Gasteiger partial charge in [-0.2, -0.15) is 5.26 Å². The first-order chi connectivity index (χ1) is 11.5. The Morgan fingerprint density at radius 3 is 2.21 bits per heavy atom. The highest BCUT2D eigenvalue weighted by Gasteiger charge is 2.42. The van der Waals surface area contributed by atoms with E-state index >= 15 is 0 Å². The SMILES string of the molecule is COc1cc(OC)c(OC)cc1/C=C\C(=O)N(C)C1(C#N)CCC1. The Balaban J connectivity index is 2.25. The fraction of sp³-hybridized carbons (Fsp3) is 0.444. The van der Waals surface area contributed by atoms with Gasteiger partial charge in [-0.05, 0) is 31.4 Å². The van der Waals surface area contributed by atoms with Gasteiger partial charge in [-0.1, -0.05) is 0 Å². The molecule has 0 unspecified atom stereocenters. The summed E-state index contributed by atoms with van der Waals surface area (Å²) in [6.07, 6.45) is 5.52. The summed E-state index contributed by atoms with van der Waals surface area (Å²) in [4.78, 5) is 13.9. The van der Waals surface area contributed by atoms with Gasteiger partial charge in [0.05, 0.1) is 27.4 Å². The van der Waals surface area contributed by atoms with Gasteiger partial charge in [-0.3, -0.25) is 4.79 Å². The van der Waals surface area contributed by atoms with Gasteiger partial charge in [0.15, 0.2) is 11.5 Å². The van der Waals surface area contributed by atoms with E-state index in [0.717, 1.165) is 19.3 Å². The van der Waals surface area contributed by atoms with E-state index in [4.69, 9.17) is 14.2 Å². The van der Waals surface area contributed by atoms with Crippen LogP contribution in [0, 0.1) is 11.3 Å². The molecule has 1 aromatic carbocycles. The van der Waals surface area contributed by atoms with Crippen molar-refractivity contribution in [2.24, 2.45) is 0 Å². The molecule has 6 nitrogen and oxygen atoms in total. The van der Waals surface area contributed by atoms with E-state index in [9.17, 15) is 10.1 Å². The molecule has 1 aliphatic rings. The molecule has 0 saturated heterocycles. The summed E-state index contributed by atoms with van der Waals surface area (Å²) in [7, 11) is 6.31. The molecular formula is C18H22N2O4. The standard InChI is InChI=1S/C18H22N2O4/c1-20(18(12-19)8-5-9-18)17(21)7-6-13-10-15(23-3)16(24-4)11-14(13)22-2/h6-7,10-11H,5,8-9H2,1-4H3/b7-6-. The van der Waals surface area contributed by atoms with Gasteiger partial charge in [0.2, 0.25) is 5.91 Å². The number of hydrogen-bond donors (Lipinski definition) is 0. The number of nitriles is 1. The lowest BCUT2D eigenvalue weighted by Gasteiger charge is -2.42. The smallest absolute Gasteiger partial charge is 0.247 e. The molecule has 1 aromatic rings. The number of hydrogen-bond acceptors (Lipinski definition) is 5. The largest absolute Gasteiger partial charge is 0.496 e. The van der Waals surface area contributed by atoms with E-state index in [0.29, 0.717) is 22.8 Å². The number of carbonyl (C=O) groups excluding carboxylic acids is 1. The van der Waals surface area contributed by atoms with Gasteiger partial charge in [-0.15, -0.1) is 0 Å². The second-order valence-electron chi connectivity index (χ2n) is 5.68. The highest BCUT2D eigenvalue weighted by molar-refractivity contribution is 5.93. The lowest BCUT2D eigenvalue weighted by atomic mass is 9.76. The van der Waals surface area contributed by atoms with Crippen LogP contribution in [0.15, 0.2) is 18.2 Å². The molecule has 2 rings (SSSR count). The van der Waals surface area contributed by atoms with Gasteiger partial charge in [0, 0.05) is 24.8 Å². The fourth-order valence-electron chi connectivity index (χ4n) is 2.70. The number of ether oxygens (including phenoxy) is 3. The van der Waals surface area contributed by atoms with E-state index in [1.807, 2.05) is 0 Å². The van der Waals surface area contributed by atoms with Crippen molar-refractivity contribution >= 4 is 12.0 Å². The number of nitrogens with zero attached hydrogens (tertiary/aromatic N) is 2. The predicted molar refractivity (Wildman–Crippen MR) is 90.1 cm³/mol. The third-order valence-electron chi connectivity index (χ3n) is 4.50. The third-order valence-corrected chi connectivity index (χ3v) is 4.50. The number of rotatable bonds is 6. The summed E-state index contributed by atoms with van der Waals surface area (Å²) in [5.74, 6) is 1.45. The van der Waals surface area contributed by atoms with Gasteiger partial charge in [-0.25, -0.2) is 0 Å². The van der Waals surface area contributed by atoms with Crippen LogP contribution in [-0.4, -0.2) is 44.7 Å². The van der Waals surface area contributed by atoms with Crippen LogP contribution in [0.3, 0.4) is 0 Å². The van der Waals surface area contributed by atoms with Gasteiger partial charge in [0.25, 0.3) is 0 Å². The minimum atomic E-state index is -0.664. The van der Waals surface area contributed by atoms with Crippen LogP contribution < -0.4 is 14.2 Å². The average Bonchev–Trinajstić information content (AvgIpc) is 2.58. The summed E-state index contributed by atoms with van der Waals surface area (Å²) < 4.78 is 15.9. The van der Waals surface area contributed by atoms with Crippen LogP contribution in [-0.2, 0) is 4.79 Å². The lowest BCUT2D eigenvalue weighted by Crippen LogP contribution is -2.52. The van der Waals surface area contributed by atoms with Crippen LogP contribution in [0.5, 0.6) is 17.2 Å². The Kier molecular flexibility index (Phi) is 5.35. The van der Waals surface area contributed by atoms with E-state index in [1.54, 1.807) is 46.6 Å². The Bertz CT molecular complexity index is 687. The maximum absolute atomic E-state index is 12.4. The van der Waals surface area contributed by atoms with Gasteiger partial charge < -0.3 is 19.1 Å². The van der Waals surface area contributed by atoms with E-state index in [-0.39, 0.29) is 5.91 Å². The van der Waals surface area contributed by atoms with Crippen molar-refractivity contribution < 1.29 is 19.0 Å². The van der Waals surface area contributed by atoms with E-state index in [2.05, 4.69) is 6.07 Å². The minimum Gasteiger partial charge on any atom is -0.496 e. The summed E-state index contributed by atoms with van der Waals surface area (Å²) >= 11 is 0. The monoisotopic (exact) mass is 330 g/mol. The second-order valence-corrected chi connectivity index (χ2v) is 5.68. The molecule has 0 bridgehead atoms. The number of methoxy groups -OCH3 is 3. The molecule has 0 heterocycles. The lowest BCUT2D eigenvalue weighted by molar-refractivity contribution is -0.130. The first-order valence-electron chi connectivity index (χ1n) is 7.68. The Hall–Kier alpha value is -2.68. The summed E-state index contributed by atoms with van der Waals surface area (Å²) in [5, 5.41) is 9.33. The third kappa shape index (κ3) is 3.16. The summed E-state index contributed by atoms with van der Waals surface area (Å²) in [5.41, 5.74) is 0.0276. The van der Waals surface area contributed by atoms with Gasteiger partial charge >= 0.3 is 0 Å². The number of amides is 1. The maximum atomic E-state index is 12.4. The van der Waals surface area contributed by atoms with Crippen LogP contribution in [0.2, 0.25) is 0 Å². The van der Waals surface area contributed by atoms with E-state index in [1.165, 1.54) is 11.0 Å². The Morgan fingerprint density at radius 1 is 1.17 bits per heavy atom. The second kappa shape index (κ2) is 7.26. The molecule has 0 spiro atoms. The van der Waals surface area contributed by atoms with Gasteiger partial charge in [0.1, 0.15) is 11.3 Å². The van der Waals surface area contributed by atoms with Crippen LogP contribution in [0.25, 0.3) is 6.08 Å². The maximum Gasteiger partial charge on any atom is 0.247 e. The fourth-order valence-corrected chi connectivity index (χ4v) is 2.70. The highest BCUT2D eigenvalue weighted by atomic mass is 16.5. The molecule has 1 fully saturated rings. The van der Waals surface area contributed by atoms with Crippen molar-refractivity contribution in [1.82, 2.24) is 4.90 Å². The van der Waals surface area contributed by atoms with Crippen molar-refractivity contribution in [1.29, 1.82) is 5.26 Å². The quantitative estimate of drug-likeness (QED) is 0.750. The molecule has 0 aromatic heterocycles. The molecule has 0 radical (unpaired) electrons. The average molecular weight is 330 g/mol. The normalized spacial score (nSPS) is 15.3. The zero-order chi connectivity index (χ0) is 17.7. The molecule has 0 aliphatic heterocycles. The molecule has 6 heteroatoms. The highest BCUT2D eigenvalue weighted by Crippen LogP contribution is 2.37. The molecule has 0 N–H and O–H groups in total. The molecule has 1 saturated carbocycles. The molecular weight excluding hydrogens is 308 g/mol. The topological polar surface area (TPSA) is 71.8 Å². The summed E-state index contributed by atoms with van der Waals surface area (Å²) in [6, 6.07) is 5.70. The van der Waals surface area contributed by atoms with Crippen molar-refractivity contribution in [3.63, 3.8) is 0 Å².